The number of benzene rings is 1. The van der Waals surface area contributed by atoms with Gasteiger partial charge >= 0.3 is 5.97 Å². The number of carbonyl (C=O) groups excluding carboxylic acids is 1. The van der Waals surface area contributed by atoms with Crippen LogP contribution in [-0.4, -0.2) is 22.0 Å². The molecule has 1 N–H and O–H groups in total. The predicted molar refractivity (Wildman–Crippen MR) is 132 cm³/mol. The van der Waals surface area contributed by atoms with Crippen LogP contribution in [0.25, 0.3) is 0 Å². The van der Waals surface area contributed by atoms with Gasteiger partial charge in [0.15, 0.2) is 0 Å². The van der Waals surface area contributed by atoms with Crippen molar-refractivity contribution in [1.29, 1.82) is 0 Å². The Balaban J connectivity index is 1.51. The van der Waals surface area contributed by atoms with E-state index in [2.05, 4.69) is 25.9 Å². The third kappa shape index (κ3) is 6.72. The molecule has 2 saturated carbocycles. The van der Waals surface area contributed by atoms with Gasteiger partial charge in [0.25, 0.3) is 0 Å². The molecule has 2 aromatic rings. The minimum absolute atomic E-state index is 0.0650. The maximum Gasteiger partial charge on any atom is 0.303 e. The molecule has 0 aliphatic heterocycles. The molecule has 2 aliphatic carbocycles. The molecule has 190 valence electrons. The Labute approximate surface area is 211 Å². The van der Waals surface area contributed by atoms with Crippen LogP contribution in [0.4, 0.5) is 4.39 Å². The van der Waals surface area contributed by atoms with Gasteiger partial charge in [0.05, 0.1) is 5.69 Å². The van der Waals surface area contributed by atoms with Crippen molar-refractivity contribution in [2.75, 3.05) is 0 Å². The number of hydrogen-bond acceptors (Lipinski definition) is 4. The van der Waals surface area contributed by atoms with Crippen LogP contribution in [0.15, 0.2) is 22.7 Å². The summed E-state index contributed by atoms with van der Waals surface area (Å²) in [5.41, 5.74) is 2.72. The van der Waals surface area contributed by atoms with Gasteiger partial charge in [-0.15, -0.1) is 0 Å². The van der Waals surface area contributed by atoms with Gasteiger partial charge in [0, 0.05) is 41.7 Å². The van der Waals surface area contributed by atoms with Crippen molar-refractivity contribution < 1.29 is 23.6 Å². The number of Topliss-reactive ketones (excluding diaryl/α,β-unsaturated/α-hetero) is 1. The fourth-order valence-electron chi connectivity index (χ4n) is 5.53. The molecule has 2 fully saturated rings. The van der Waals surface area contributed by atoms with E-state index in [-0.39, 0.29) is 48.0 Å². The van der Waals surface area contributed by atoms with Crippen LogP contribution in [-0.2, 0) is 16.0 Å². The number of hydrogen-bond donors (Lipinski definition) is 1. The van der Waals surface area contributed by atoms with E-state index in [9.17, 15) is 19.1 Å². The number of nitrogens with zero attached hydrogens (tertiary/aromatic N) is 1. The van der Waals surface area contributed by atoms with Crippen molar-refractivity contribution in [2.45, 2.75) is 96.3 Å². The summed E-state index contributed by atoms with van der Waals surface area (Å²) in [4.78, 5) is 24.3. The van der Waals surface area contributed by atoms with E-state index in [1.54, 1.807) is 6.07 Å². The molecule has 5 nitrogen and oxygen atoms in total. The third-order valence-electron chi connectivity index (χ3n) is 7.25. The zero-order valence-corrected chi connectivity index (χ0v) is 21.5. The first-order chi connectivity index (χ1) is 16.5. The van der Waals surface area contributed by atoms with E-state index in [0.29, 0.717) is 28.9 Å². The molecule has 0 saturated heterocycles. The molecule has 7 heteroatoms. The van der Waals surface area contributed by atoms with E-state index in [1.807, 2.05) is 0 Å². The van der Waals surface area contributed by atoms with Gasteiger partial charge in [-0.2, -0.15) is 0 Å². The Kier molecular flexibility index (Phi) is 7.70. The number of halogens is 2. The van der Waals surface area contributed by atoms with Crippen molar-refractivity contribution in [3.8, 4) is 0 Å². The summed E-state index contributed by atoms with van der Waals surface area (Å²) in [6.07, 6.45) is 5.76. The highest BCUT2D eigenvalue weighted by molar-refractivity contribution is 6.30. The molecule has 0 spiro atoms. The van der Waals surface area contributed by atoms with Crippen molar-refractivity contribution in [1.82, 2.24) is 5.16 Å². The second kappa shape index (κ2) is 10.4. The lowest BCUT2D eigenvalue weighted by Gasteiger charge is -2.38. The molecule has 35 heavy (non-hydrogen) atoms. The van der Waals surface area contributed by atoms with Gasteiger partial charge in [0.1, 0.15) is 17.4 Å². The molecule has 1 atom stereocenters. The number of carboxylic acids is 1. The Morgan fingerprint density at radius 2 is 1.94 bits per heavy atom. The second-order valence-corrected chi connectivity index (χ2v) is 12.1. The zero-order chi connectivity index (χ0) is 25.3. The van der Waals surface area contributed by atoms with Crippen LogP contribution in [0.2, 0.25) is 5.02 Å². The Morgan fingerprint density at radius 1 is 1.23 bits per heavy atom. The van der Waals surface area contributed by atoms with Crippen molar-refractivity contribution in [3.63, 3.8) is 0 Å². The molecule has 1 aromatic carbocycles. The standard InChI is InChI=1S/C28H35ClFNO4/c1-28(2,3)15-16-10-20(11-16)26-25(17-4-5-17)27(35-31-26)19(7-9-24(33)34)13-22(32)12-18-6-8-21(29)14-23(18)30/h6,8,14,16-17,19-20H,4-5,7,9-13,15H2,1-3H3,(H,33,34)/t16?,19-,20?/m0/s1. The summed E-state index contributed by atoms with van der Waals surface area (Å²) < 4.78 is 20.1. The average Bonchev–Trinajstić information content (AvgIpc) is 3.47. The smallest absolute Gasteiger partial charge is 0.303 e. The third-order valence-corrected chi connectivity index (χ3v) is 7.48. The normalized spacial score (nSPS) is 20.9. The predicted octanol–water partition coefficient (Wildman–Crippen LogP) is 7.42. The average molecular weight is 504 g/mol. The minimum atomic E-state index is -0.914. The van der Waals surface area contributed by atoms with E-state index in [1.165, 1.54) is 18.6 Å². The van der Waals surface area contributed by atoms with Crippen molar-refractivity contribution >= 4 is 23.4 Å². The molecule has 1 heterocycles. The Bertz CT molecular complexity index is 1080. The molecular formula is C28H35ClFNO4. The summed E-state index contributed by atoms with van der Waals surface area (Å²) in [5, 5.41) is 14.1. The van der Waals surface area contributed by atoms with Crippen LogP contribution in [0, 0.1) is 17.2 Å². The number of aliphatic carboxylic acids is 1. The molecule has 4 rings (SSSR count). The van der Waals surface area contributed by atoms with Gasteiger partial charge < -0.3 is 9.63 Å². The molecular weight excluding hydrogens is 469 g/mol. The number of ketones is 1. The van der Waals surface area contributed by atoms with Crippen LogP contribution >= 0.6 is 11.6 Å². The summed E-state index contributed by atoms with van der Waals surface area (Å²) >= 11 is 5.83. The highest BCUT2D eigenvalue weighted by Gasteiger charge is 2.42. The van der Waals surface area contributed by atoms with Crippen LogP contribution < -0.4 is 0 Å². The maximum atomic E-state index is 14.2. The van der Waals surface area contributed by atoms with Crippen molar-refractivity contribution in [2.24, 2.45) is 11.3 Å². The number of aromatic nitrogens is 1. The fourth-order valence-corrected chi connectivity index (χ4v) is 5.69. The van der Waals surface area contributed by atoms with E-state index < -0.39 is 11.8 Å². The largest absolute Gasteiger partial charge is 0.481 e. The first kappa shape index (κ1) is 25.9. The molecule has 0 amide bonds. The molecule has 2 aliphatic rings. The molecule has 0 bridgehead atoms. The molecule has 1 aromatic heterocycles. The van der Waals surface area contributed by atoms with Gasteiger partial charge in [-0.05, 0) is 73.5 Å². The summed E-state index contributed by atoms with van der Waals surface area (Å²) in [7, 11) is 0. The first-order valence-electron chi connectivity index (χ1n) is 12.7. The van der Waals surface area contributed by atoms with Gasteiger partial charge in [0.2, 0.25) is 0 Å². The van der Waals surface area contributed by atoms with E-state index >= 15 is 0 Å². The monoisotopic (exact) mass is 503 g/mol. The van der Waals surface area contributed by atoms with Gasteiger partial charge in [-0.3, -0.25) is 9.59 Å². The number of carbonyl (C=O) groups is 2. The highest BCUT2D eigenvalue weighted by Crippen LogP contribution is 2.53. The van der Waals surface area contributed by atoms with Crippen molar-refractivity contribution in [3.05, 3.63) is 51.6 Å². The fraction of sp³-hybridized carbons (Fsp3) is 0.607. The Morgan fingerprint density at radius 3 is 2.54 bits per heavy atom. The highest BCUT2D eigenvalue weighted by atomic mass is 35.5. The minimum Gasteiger partial charge on any atom is -0.481 e. The van der Waals surface area contributed by atoms with Crippen LogP contribution in [0.5, 0.6) is 0 Å². The number of rotatable bonds is 11. The quantitative estimate of drug-likeness (QED) is 0.345. The summed E-state index contributed by atoms with van der Waals surface area (Å²) in [5.74, 6) is 0.148. The maximum absolute atomic E-state index is 14.2. The SMILES string of the molecule is CC(C)(C)CC1CC(c2noc([C@@H](CCC(=O)O)CC(=O)Cc3ccc(Cl)cc3F)c2C2CC2)C1. The van der Waals surface area contributed by atoms with Crippen LogP contribution in [0.3, 0.4) is 0 Å². The lowest BCUT2D eigenvalue weighted by atomic mass is 9.66. The first-order valence-corrected chi connectivity index (χ1v) is 13.0. The van der Waals surface area contributed by atoms with Crippen LogP contribution in [0.1, 0.15) is 112 Å². The second-order valence-electron chi connectivity index (χ2n) is 11.7. The Hall–Kier alpha value is -2.21. The molecule has 0 unspecified atom stereocenters. The number of carboxylic acid groups (broad SMARTS) is 1. The van der Waals surface area contributed by atoms with Gasteiger partial charge in [-0.1, -0.05) is 43.6 Å². The summed E-state index contributed by atoms with van der Waals surface area (Å²) in [6, 6.07) is 4.29. The van der Waals surface area contributed by atoms with Gasteiger partial charge in [-0.25, -0.2) is 4.39 Å². The zero-order valence-electron chi connectivity index (χ0n) is 20.8. The topological polar surface area (TPSA) is 80.4 Å². The molecule has 0 radical (unpaired) electrons. The lowest BCUT2D eigenvalue weighted by molar-refractivity contribution is -0.137. The summed E-state index contributed by atoms with van der Waals surface area (Å²) in [6.45, 7) is 6.80. The van der Waals surface area contributed by atoms with E-state index in [0.717, 1.165) is 36.9 Å². The lowest BCUT2D eigenvalue weighted by Crippen LogP contribution is -2.27. The van der Waals surface area contributed by atoms with E-state index in [4.69, 9.17) is 16.1 Å².